The number of carbonyl (C=O) groups excluding carboxylic acids is 1. The highest BCUT2D eigenvalue weighted by Gasteiger charge is 2.21. The molecule has 0 saturated heterocycles. The van der Waals surface area contributed by atoms with Crippen LogP contribution in [0.5, 0.6) is 0 Å². The summed E-state index contributed by atoms with van der Waals surface area (Å²) in [6.07, 6.45) is 0. The fraction of sp³-hybridized carbons (Fsp3) is 0.300. The molecule has 0 radical (unpaired) electrons. The number of alkyl halides is 1. The Bertz CT molecular complexity index is 464. The van der Waals surface area contributed by atoms with Crippen molar-refractivity contribution in [1.29, 1.82) is 0 Å². The number of nitro groups is 1. The van der Waals surface area contributed by atoms with Crippen molar-refractivity contribution in [2.75, 3.05) is 6.61 Å². The topological polar surface area (TPSA) is 69.4 Å². The molecule has 0 aliphatic rings. The van der Waals surface area contributed by atoms with E-state index in [9.17, 15) is 14.9 Å². The SMILES string of the molecule is CCOC(=O)c1cc(Cl)c([N+](=O)[O-])c(CBr)c1. The lowest BCUT2D eigenvalue weighted by Crippen LogP contribution is -2.06. The molecule has 0 bridgehead atoms. The maximum absolute atomic E-state index is 11.5. The molecular formula is C10H9BrClNO4. The first-order chi connectivity index (χ1) is 8.01. The standard InChI is InChI=1S/C10H9BrClNO4/c1-2-17-10(14)6-3-7(5-11)9(13(15)16)8(12)4-6/h3-4H,2,5H2,1H3. The van der Waals surface area contributed by atoms with Gasteiger partial charge in [0, 0.05) is 10.9 Å². The average molecular weight is 323 g/mol. The minimum atomic E-state index is -0.576. The van der Waals surface area contributed by atoms with Crippen LogP contribution in [0.1, 0.15) is 22.8 Å². The fourth-order valence-electron chi connectivity index (χ4n) is 1.29. The highest BCUT2D eigenvalue weighted by molar-refractivity contribution is 9.08. The van der Waals surface area contributed by atoms with Gasteiger partial charge in [0.2, 0.25) is 0 Å². The summed E-state index contributed by atoms with van der Waals surface area (Å²) in [4.78, 5) is 21.7. The van der Waals surface area contributed by atoms with Crippen molar-refractivity contribution in [3.8, 4) is 0 Å². The van der Waals surface area contributed by atoms with E-state index in [4.69, 9.17) is 16.3 Å². The molecule has 0 heterocycles. The summed E-state index contributed by atoms with van der Waals surface area (Å²) in [7, 11) is 0. The van der Waals surface area contributed by atoms with Crippen LogP contribution in [0.2, 0.25) is 5.02 Å². The van der Waals surface area contributed by atoms with E-state index in [2.05, 4.69) is 15.9 Å². The van der Waals surface area contributed by atoms with Gasteiger partial charge in [0.05, 0.1) is 17.1 Å². The van der Waals surface area contributed by atoms with E-state index < -0.39 is 10.9 Å². The first kappa shape index (κ1) is 13.9. The summed E-state index contributed by atoms with van der Waals surface area (Å²) in [6.45, 7) is 1.91. The van der Waals surface area contributed by atoms with Gasteiger partial charge in [0.25, 0.3) is 5.69 Å². The molecule has 7 heteroatoms. The number of ether oxygens (including phenoxy) is 1. The third kappa shape index (κ3) is 3.17. The van der Waals surface area contributed by atoms with Gasteiger partial charge in [-0.15, -0.1) is 0 Å². The van der Waals surface area contributed by atoms with Crippen LogP contribution < -0.4 is 0 Å². The number of nitro benzene ring substituents is 1. The van der Waals surface area contributed by atoms with Crippen molar-refractivity contribution in [3.63, 3.8) is 0 Å². The van der Waals surface area contributed by atoms with Gasteiger partial charge < -0.3 is 4.74 Å². The lowest BCUT2D eigenvalue weighted by Gasteiger charge is -2.06. The zero-order valence-corrected chi connectivity index (χ0v) is 11.2. The van der Waals surface area contributed by atoms with E-state index in [0.717, 1.165) is 0 Å². The highest BCUT2D eigenvalue weighted by Crippen LogP contribution is 2.31. The van der Waals surface area contributed by atoms with Crippen LogP contribution in [-0.4, -0.2) is 17.5 Å². The third-order valence-corrected chi connectivity index (χ3v) is 2.87. The zero-order chi connectivity index (χ0) is 13.0. The second-order valence-electron chi connectivity index (χ2n) is 3.08. The summed E-state index contributed by atoms with van der Waals surface area (Å²) < 4.78 is 4.80. The van der Waals surface area contributed by atoms with Crippen LogP contribution in [0.4, 0.5) is 5.69 Å². The van der Waals surface area contributed by atoms with E-state index in [1.165, 1.54) is 12.1 Å². The Morgan fingerprint density at radius 3 is 2.71 bits per heavy atom. The van der Waals surface area contributed by atoms with E-state index in [0.29, 0.717) is 5.56 Å². The molecular weight excluding hydrogens is 313 g/mol. The Hall–Kier alpha value is -1.14. The summed E-state index contributed by atoms with van der Waals surface area (Å²) in [5.41, 5.74) is 0.346. The van der Waals surface area contributed by atoms with E-state index in [1.54, 1.807) is 6.92 Å². The number of nitrogens with zero attached hydrogens (tertiary/aromatic N) is 1. The first-order valence-electron chi connectivity index (χ1n) is 4.71. The maximum Gasteiger partial charge on any atom is 0.338 e. The summed E-state index contributed by atoms with van der Waals surface area (Å²) >= 11 is 8.90. The van der Waals surface area contributed by atoms with Gasteiger partial charge in [-0.25, -0.2) is 4.79 Å². The molecule has 0 saturated carbocycles. The zero-order valence-electron chi connectivity index (χ0n) is 8.91. The van der Waals surface area contributed by atoms with Crippen molar-refractivity contribution >= 4 is 39.2 Å². The first-order valence-corrected chi connectivity index (χ1v) is 6.21. The molecule has 0 fully saturated rings. The number of carbonyl (C=O) groups is 1. The predicted octanol–water partition coefficient (Wildman–Crippen LogP) is 3.32. The number of benzene rings is 1. The maximum atomic E-state index is 11.5. The Morgan fingerprint density at radius 1 is 1.59 bits per heavy atom. The third-order valence-electron chi connectivity index (χ3n) is 1.98. The normalized spacial score (nSPS) is 10.1. The van der Waals surface area contributed by atoms with Crippen molar-refractivity contribution in [2.24, 2.45) is 0 Å². The molecule has 0 aliphatic heterocycles. The Labute approximate surface area is 111 Å². The van der Waals surface area contributed by atoms with Crippen LogP contribution in [-0.2, 0) is 10.1 Å². The molecule has 0 aromatic heterocycles. The van der Waals surface area contributed by atoms with E-state index in [-0.39, 0.29) is 28.2 Å². The van der Waals surface area contributed by atoms with Gasteiger partial charge in [-0.05, 0) is 19.1 Å². The van der Waals surface area contributed by atoms with Gasteiger partial charge in [-0.3, -0.25) is 10.1 Å². The summed E-state index contributed by atoms with van der Waals surface area (Å²) in [5, 5.41) is 11.0. The van der Waals surface area contributed by atoms with Gasteiger partial charge in [-0.1, -0.05) is 27.5 Å². The molecule has 0 aliphatic carbocycles. The van der Waals surface area contributed by atoms with Gasteiger partial charge >= 0.3 is 5.97 Å². The highest BCUT2D eigenvalue weighted by atomic mass is 79.9. The molecule has 0 atom stereocenters. The minimum Gasteiger partial charge on any atom is -0.462 e. The predicted molar refractivity (Wildman–Crippen MR) is 66.7 cm³/mol. The van der Waals surface area contributed by atoms with Crippen molar-refractivity contribution in [2.45, 2.75) is 12.3 Å². The van der Waals surface area contributed by atoms with Crippen LogP contribution in [0, 0.1) is 10.1 Å². The van der Waals surface area contributed by atoms with Crippen molar-refractivity contribution in [1.82, 2.24) is 0 Å². The summed E-state index contributed by atoms with van der Waals surface area (Å²) in [5.74, 6) is -0.550. The van der Waals surface area contributed by atoms with E-state index >= 15 is 0 Å². The van der Waals surface area contributed by atoms with Crippen LogP contribution in [0.25, 0.3) is 0 Å². The minimum absolute atomic E-state index is 0.0741. The van der Waals surface area contributed by atoms with Crippen molar-refractivity contribution < 1.29 is 14.5 Å². The average Bonchev–Trinajstić information content (AvgIpc) is 2.27. The second-order valence-corrected chi connectivity index (χ2v) is 4.04. The quantitative estimate of drug-likeness (QED) is 0.369. The van der Waals surface area contributed by atoms with Gasteiger partial charge in [0.15, 0.2) is 0 Å². The second kappa shape index (κ2) is 5.97. The number of hydrogen-bond donors (Lipinski definition) is 0. The lowest BCUT2D eigenvalue weighted by molar-refractivity contribution is -0.385. The van der Waals surface area contributed by atoms with Crippen LogP contribution in [0.15, 0.2) is 12.1 Å². The number of rotatable bonds is 4. The van der Waals surface area contributed by atoms with Crippen molar-refractivity contribution in [3.05, 3.63) is 38.4 Å². The van der Waals surface area contributed by atoms with Gasteiger partial charge in [-0.2, -0.15) is 0 Å². The van der Waals surface area contributed by atoms with Crippen LogP contribution in [0.3, 0.4) is 0 Å². The number of esters is 1. The fourth-order valence-corrected chi connectivity index (χ4v) is 2.03. The monoisotopic (exact) mass is 321 g/mol. The molecule has 1 aromatic carbocycles. The van der Waals surface area contributed by atoms with E-state index in [1.807, 2.05) is 0 Å². The number of hydrogen-bond acceptors (Lipinski definition) is 4. The molecule has 1 rings (SSSR count). The molecule has 0 amide bonds. The Balaban J connectivity index is 3.27. The molecule has 0 unspecified atom stereocenters. The molecule has 1 aromatic rings. The summed E-state index contributed by atoms with van der Waals surface area (Å²) in [6, 6.07) is 2.64. The molecule has 0 N–H and O–H groups in total. The molecule has 5 nitrogen and oxygen atoms in total. The lowest BCUT2D eigenvalue weighted by atomic mass is 10.1. The number of halogens is 2. The Kier molecular flexibility index (Phi) is 4.89. The molecule has 0 spiro atoms. The smallest absolute Gasteiger partial charge is 0.338 e. The Morgan fingerprint density at radius 2 is 2.24 bits per heavy atom. The van der Waals surface area contributed by atoms with Gasteiger partial charge in [0.1, 0.15) is 5.02 Å². The molecule has 92 valence electrons. The largest absolute Gasteiger partial charge is 0.462 e. The molecule has 17 heavy (non-hydrogen) atoms. The van der Waals surface area contributed by atoms with Crippen LogP contribution >= 0.6 is 27.5 Å².